The summed E-state index contributed by atoms with van der Waals surface area (Å²) in [6.45, 7) is 4.13. The van der Waals surface area contributed by atoms with Crippen LogP contribution in [0, 0.1) is 5.92 Å². The molecule has 2 atom stereocenters. The Bertz CT molecular complexity index is 350. The zero-order chi connectivity index (χ0) is 15.8. The highest BCUT2D eigenvalue weighted by atomic mass is 16.5. The molecule has 0 aliphatic carbocycles. The number of piperidine rings is 1. The van der Waals surface area contributed by atoms with E-state index in [0.29, 0.717) is 32.7 Å². The van der Waals surface area contributed by atoms with Gasteiger partial charge in [-0.2, -0.15) is 0 Å². The molecule has 1 unspecified atom stereocenters. The molecular weight excluding hydrogens is 276 g/mol. The number of hydrogen-bond donors (Lipinski definition) is 1. The Hall–Kier alpha value is -1.34. The minimum absolute atomic E-state index is 0.0807. The van der Waals surface area contributed by atoms with Crippen molar-refractivity contribution < 1.29 is 24.2 Å². The Morgan fingerprint density at radius 2 is 2.10 bits per heavy atom. The van der Waals surface area contributed by atoms with Gasteiger partial charge >= 0.3 is 12.0 Å². The predicted octanol–water partition coefficient (Wildman–Crippen LogP) is 0.886. The molecule has 0 aromatic heterocycles. The number of urea groups is 1. The number of carbonyl (C=O) groups is 2. The quantitative estimate of drug-likeness (QED) is 0.755. The van der Waals surface area contributed by atoms with Crippen LogP contribution in [0.3, 0.4) is 0 Å². The highest BCUT2D eigenvalue weighted by Crippen LogP contribution is 2.18. The predicted molar refractivity (Wildman–Crippen MR) is 77.2 cm³/mol. The van der Waals surface area contributed by atoms with Crippen molar-refractivity contribution in [1.82, 2.24) is 9.80 Å². The fourth-order valence-corrected chi connectivity index (χ4v) is 2.56. The second-order valence-corrected chi connectivity index (χ2v) is 5.40. The summed E-state index contributed by atoms with van der Waals surface area (Å²) in [6.07, 6.45) is 1.35. The van der Waals surface area contributed by atoms with Crippen LogP contribution in [0.15, 0.2) is 0 Å². The smallest absolute Gasteiger partial charge is 0.320 e. The zero-order valence-corrected chi connectivity index (χ0v) is 13.1. The summed E-state index contributed by atoms with van der Waals surface area (Å²) in [5.41, 5.74) is 0. The SMILES string of the molecule is COCCN(C(=O)N1CCC[C@@H](C(=O)O)C1)C(C)COC. The fourth-order valence-electron chi connectivity index (χ4n) is 2.56. The number of aliphatic carboxylic acids is 1. The number of carboxylic acids is 1. The molecule has 0 aromatic rings. The Morgan fingerprint density at radius 1 is 1.38 bits per heavy atom. The molecule has 0 aromatic carbocycles. The largest absolute Gasteiger partial charge is 0.481 e. The van der Waals surface area contributed by atoms with E-state index in [2.05, 4.69) is 0 Å². The molecule has 0 radical (unpaired) electrons. The van der Waals surface area contributed by atoms with Gasteiger partial charge < -0.3 is 24.4 Å². The maximum Gasteiger partial charge on any atom is 0.320 e. The summed E-state index contributed by atoms with van der Waals surface area (Å²) >= 11 is 0. The van der Waals surface area contributed by atoms with E-state index in [9.17, 15) is 9.59 Å². The van der Waals surface area contributed by atoms with E-state index in [1.165, 1.54) is 0 Å². The lowest BCUT2D eigenvalue weighted by molar-refractivity contribution is -0.143. The topological polar surface area (TPSA) is 79.3 Å². The molecular formula is C14H26N2O5. The third-order valence-electron chi connectivity index (χ3n) is 3.76. The molecule has 21 heavy (non-hydrogen) atoms. The number of hydrogen-bond acceptors (Lipinski definition) is 4. The second kappa shape index (κ2) is 8.84. The van der Waals surface area contributed by atoms with Crippen molar-refractivity contribution in [3.63, 3.8) is 0 Å². The number of ether oxygens (including phenoxy) is 2. The van der Waals surface area contributed by atoms with Crippen LogP contribution in [-0.4, -0.2) is 80.0 Å². The van der Waals surface area contributed by atoms with Crippen molar-refractivity contribution in [3.05, 3.63) is 0 Å². The van der Waals surface area contributed by atoms with Crippen molar-refractivity contribution in [2.45, 2.75) is 25.8 Å². The monoisotopic (exact) mass is 302 g/mol. The average molecular weight is 302 g/mol. The van der Waals surface area contributed by atoms with Gasteiger partial charge in [0.15, 0.2) is 0 Å². The van der Waals surface area contributed by atoms with Crippen LogP contribution in [0.4, 0.5) is 4.79 Å². The van der Waals surface area contributed by atoms with Crippen molar-refractivity contribution in [1.29, 1.82) is 0 Å². The summed E-state index contributed by atoms with van der Waals surface area (Å²) in [4.78, 5) is 27.1. The van der Waals surface area contributed by atoms with Crippen molar-refractivity contribution in [2.75, 3.05) is 47.1 Å². The Kier molecular flexibility index (Phi) is 7.45. The molecule has 7 heteroatoms. The first kappa shape index (κ1) is 17.7. The summed E-state index contributed by atoms with van der Waals surface area (Å²) < 4.78 is 10.2. The summed E-state index contributed by atoms with van der Waals surface area (Å²) in [5.74, 6) is -1.30. The molecule has 1 aliphatic rings. The standard InChI is InChI=1S/C14H26N2O5/c1-11(10-21-3)16(7-8-20-2)14(19)15-6-4-5-12(9-15)13(17)18/h11-12H,4-10H2,1-3H3,(H,17,18)/t11?,12-/m1/s1. The normalized spacial score (nSPS) is 20.1. The van der Waals surface area contributed by atoms with Gasteiger partial charge in [0.05, 0.1) is 25.2 Å². The number of rotatable bonds is 7. The summed E-state index contributed by atoms with van der Waals surface area (Å²) in [5, 5.41) is 9.12. The van der Waals surface area contributed by atoms with E-state index in [-0.39, 0.29) is 18.6 Å². The number of amides is 2. The minimum atomic E-state index is -0.833. The van der Waals surface area contributed by atoms with E-state index < -0.39 is 11.9 Å². The third kappa shape index (κ3) is 5.17. The molecule has 0 saturated carbocycles. The lowest BCUT2D eigenvalue weighted by atomic mass is 9.98. The van der Waals surface area contributed by atoms with E-state index in [0.717, 1.165) is 6.42 Å². The Morgan fingerprint density at radius 3 is 2.67 bits per heavy atom. The van der Waals surface area contributed by atoms with Gasteiger partial charge in [-0.05, 0) is 19.8 Å². The molecule has 1 heterocycles. The molecule has 7 nitrogen and oxygen atoms in total. The maximum absolute atomic E-state index is 12.6. The summed E-state index contributed by atoms with van der Waals surface area (Å²) in [6, 6.07) is -0.217. The van der Waals surface area contributed by atoms with E-state index in [1.807, 2.05) is 6.92 Å². The first-order valence-electron chi connectivity index (χ1n) is 7.27. The molecule has 0 spiro atoms. The first-order valence-corrected chi connectivity index (χ1v) is 7.27. The van der Waals surface area contributed by atoms with Crippen LogP contribution in [0.1, 0.15) is 19.8 Å². The van der Waals surface area contributed by atoms with Gasteiger partial charge in [-0.1, -0.05) is 0 Å². The molecule has 1 saturated heterocycles. The molecule has 1 N–H and O–H groups in total. The number of carbonyl (C=O) groups excluding carboxylic acids is 1. The van der Waals surface area contributed by atoms with Gasteiger partial charge in [0.1, 0.15) is 0 Å². The van der Waals surface area contributed by atoms with Crippen LogP contribution >= 0.6 is 0 Å². The number of methoxy groups -OCH3 is 2. The average Bonchev–Trinajstić information content (AvgIpc) is 2.47. The van der Waals surface area contributed by atoms with Crippen molar-refractivity contribution in [2.24, 2.45) is 5.92 Å². The minimum Gasteiger partial charge on any atom is -0.481 e. The second-order valence-electron chi connectivity index (χ2n) is 5.40. The lowest BCUT2D eigenvalue weighted by Crippen LogP contribution is -2.53. The molecule has 122 valence electrons. The van der Waals surface area contributed by atoms with Gasteiger partial charge in [0.25, 0.3) is 0 Å². The van der Waals surface area contributed by atoms with E-state index in [4.69, 9.17) is 14.6 Å². The van der Waals surface area contributed by atoms with E-state index in [1.54, 1.807) is 24.0 Å². The Labute approximate surface area is 125 Å². The van der Waals surface area contributed by atoms with Crippen LogP contribution in [0.25, 0.3) is 0 Å². The highest BCUT2D eigenvalue weighted by Gasteiger charge is 2.31. The maximum atomic E-state index is 12.6. The number of carboxylic acid groups (broad SMARTS) is 1. The molecule has 1 aliphatic heterocycles. The van der Waals surface area contributed by atoms with Gasteiger partial charge in [-0.25, -0.2) is 4.79 Å². The van der Waals surface area contributed by atoms with Crippen molar-refractivity contribution in [3.8, 4) is 0 Å². The molecule has 1 rings (SSSR count). The third-order valence-corrected chi connectivity index (χ3v) is 3.76. The summed E-state index contributed by atoms with van der Waals surface area (Å²) in [7, 11) is 3.18. The zero-order valence-electron chi connectivity index (χ0n) is 13.1. The van der Waals surface area contributed by atoms with Crippen molar-refractivity contribution >= 4 is 12.0 Å². The number of likely N-dealkylation sites (tertiary alicyclic amines) is 1. The first-order chi connectivity index (χ1) is 10.0. The molecule has 0 bridgehead atoms. The van der Waals surface area contributed by atoms with Crippen LogP contribution in [-0.2, 0) is 14.3 Å². The van der Waals surface area contributed by atoms with Gasteiger partial charge in [-0.3, -0.25) is 4.79 Å². The Balaban J connectivity index is 2.71. The highest BCUT2D eigenvalue weighted by molar-refractivity contribution is 5.77. The van der Waals surface area contributed by atoms with Crippen LogP contribution in [0.2, 0.25) is 0 Å². The molecule has 1 fully saturated rings. The van der Waals surface area contributed by atoms with Gasteiger partial charge in [-0.15, -0.1) is 0 Å². The van der Waals surface area contributed by atoms with Crippen LogP contribution in [0.5, 0.6) is 0 Å². The number of nitrogens with zero attached hydrogens (tertiary/aromatic N) is 2. The molecule has 2 amide bonds. The van der Waals surface area contributed by atoms with Crippen LogP contribution < -0.4 is 0 Å². The van der Waals surface area contributed by atoms with E-state index >= 15 is 0 Å². The lowest BCUT2D eigenvalue weighted by Gasteiger charge is -2.37. The van der Waals surface area contributed by atoms with Gasteiger partial charge in [0.2, 0.25) is 0 Å². The fraction of sp³-hybridized carbons (Fsp3) is 0.857. The van der Waals surface area contributed by atoms with Gasteiger partial charge in [0, 0.05) is 33.9 Å².